The first-order valence-corrected chi connectivity index (χ1v) is 16.5. The van der Waals surface area contributed by atoms with Gasteiger partial charge in [-0.05, 0) is 26.7 Å². The molecule has 0 spiro atoms. The molecule has 0 fully saturated rings. The first-order chi connectivity index (χ1) is 19.4. The molecule has 8 heteroatoms. The van der Waals surface area contributed by atoms with Crippen LogP contribution >= 0.6 is 0 Å². The number of aliphatic hydroxyl groups is 2. The number of hydrogen-bond donors (Lipinski definition) is 4. The highest BCUT2D eigenvalue weighted by Crippen LogP contribution is 2.11. The Labute approximate surface area is 246 Å². The second-order valence-electron chi connectivity index (χ2n) is 11.1. The van der Waals surface area contributed by atoms with E-state index in [1.165, 1.54) is 103 Å². The van der Waals surface area contributed by atoms with Gasteiger partial charge in [0.2, 0.25) is 0 Å². The van der Waals surface area contributed by atoms with Crippen LogP contribution in [0.15, 0.2) is 0 Å². The summed E-state index contributed by atoms with van der Waals surface area (Å²) in [5.74, 6) is 0. The molecular weight excluding hydrogens is 508 g/mol. The Kier molecular flexibility index (Phi) is 34.2. The van der Waals surface area contributed by atoms with Crippen LogP contribution in [-0.2, 0) is 9.47 Å². The smallest absolute Gasteiger partial charge is 0.407 e. The van der Waals surface area contributed by atoms with E-state index in [1.54, 1.807) is 13.8 Å². The Balaban J connectivity index is 0. The van der Waals surface area contributed by atoms with Gasteiger partial charge in [-0.2, -0.15) is 0 Å². The van der Waals surface area contributed by atoms with Crippen molar-refractivity contribution >= 4 is 12.2 Å². The highest BCUT2D eigenvalue weighted by atomic mass is 16.6. The van der Waals surface area contributed by atoms with Crippen molar-refractivity contribution < 1.29 is 29.3 Å². The number of nitrogens with one attached hydrogen (secondary N) is 2. The number of amides is 2. The molecule has 40 heavy (non-hydrogen) atoms. The minimum atomic E-state index is -0.599. The summed E-state index contributed by atoms with van der Waals surface area (Å²) in [4.78, 5) is 22.4. The van der Waals surface area contributed by atoms with Crippen molar-refractivity contribution in [1.29, 1.82) is 0 Å². The van der Waals surface area contributed by atoms with Crippen molar-refractivity contribution in [1.82, 2.24) is 10.6 Å². The molecular formula is C32H66N2O6. The van der Waals surface area contributed by atoms with Crippen LogP contribution in [0.5, 0.6) is 0 Å². The second-order valence-corrected chi connectivity index (χ2v) is 11.1. The summed E-state index contributed by atoms with van der Waals surface area (Å²) in [5.41, 5.74) is 0. The lowest BCUT2D eigenvalue weighted by Crippen LogP contribution is -2.29. The normalized spacial score (nSPS) is 12.2. The third-order valence-corrected chi connectivity index (χ3v) is 6.62. The molecule has 240 valence electrons. The number of hydrogen-bond acceptors (Lipinski definition) is 6. The van der Waals surface area contributed by atoms with Gasteiger partial charge < -0.3 is 30.3 Å². The van der Waals surface area contributed by atoms with Crippen LogP contribution in [0.4, 0.5) is 9.59 Å². The van der Waals surface area contributed by atoms with E-state index < -0.39 is 24.4 Å². The summed E-state index contributed by atoms with van der Waals surface area (Å²) in [5, 5.41) is 23.1. The number of aliphatic hydroxyl groups excluding tert-OH is 2. The fraction of sp³-hybridized carbons (Fsp3) is 0.938. The molecule has 4 N–H and O–H groups in total. The van der Waals surface area contributed by atoms with Crippen LogP contribution in [0.3, 0.4) is 0 Å². The molecule has 0 heterocycles. The van der Waals surface area contributed by atoms with Crippen LogP contribution in [0, 0.1) is 0 Å². The van der Waals surface area contributed by atoms with Gasteiger partial charge in [0, 0.05) is 13.1 Å². The summed E-state index contributed by atoms with van der Waals surface area (Å²) >= 11 is 0. The van der Waals surface area contributed by atoms with E-state index in [0.29, 0.717) is 13.1 Å². The Bertz CT molecular complexity index is 534. The quantitative estimate of drug-likeness (QED) is 0.0777. The molecule has 0 aromatic carbocycles. The van der Waals surface area contributed by atoms with Crippen molar-refractivity contribution in [3.8, 4) is 0 Å². The zero-order chi connectivity index (χ0) is 30.1. The van der Waals surface area contributed by atoms with Crippen LogP contribution in [-0.4, -0.2) is 60.9 Å². The molecule has 0 bridgehead atoms. The lowest BCUT2D eigenvalue weighted by molar-refractivity contribution is 0.0680. The van der Waals surface area contributed by atoms with E-state index in [2.05, 4.69) is 24.5 Å². The number of carbonyl (C=O) groups excluding carboxylic acids is 2. The van der Waals surface area contributed by atoms with Crippen LogP contribution in [0.2, 0.25) is 0 Å². The Hall–Kier alpha value is -1.54. The van der Waals surface area contributed by atoms with E-state index in [9.17, 15) is 9.59 Å². The molecule has 0 saturated heterocycles. The summed E-state index contributed by atoms with van der Waals surface area (Å²) in [6.07, 6.45) is 23.8. The summed E-state index contributed by atoms with van der Waals surface area (Å²) < 4.78 is 9.69. The van der Waals surface area contributed by atoms with E-state index in [-0.39, 0.29) is 13.2 Å². The predicted molar refractivity (Wildman–Crippen MR) is 166 cm³/mol. The van der Waals surface area contributed by atoms with Crippen molar-refractivity contribution in [2.24, 2.45) is 0 Å². The third kappa shape index (κ3) is 36.5. The maximum absolute atomic E-state index is 11.2. The summed E-state index contributed by atoms with van der Waals surface area (Å²) in [6, 6.07) is 0. The Morgan fingerprint density at radius 3 is 1.30 bits per heavy atom. The highest BCUT2D eigenvalue weighted by molar-refractivity contribution is 5.67. The monoisotopic (exact) mass is 574 g/mol. The van der Waals surface area contributed by atoms with Crippen LogP contribution < -0.4 is 10.6 Å². The highest BCUT2D eigenvalue weighted by Gasteiger charge is 2.06. The van der Waals surface area contributed by atoms with Gasteiger partial charge >= 0.3 is 12.2 Å². The first kappa shape index (κ1) is 40.6. The van der Waals surface area contributed by atoms with Crippen LogP contribution in [0.1, 0.15) is 156 Å². The third-order valence-electron chi connectivity index (χ3n) is 6.62. The topological polar surface area (TPSA) is 117 Å². The molecule has 2 amide bonds. The summed E-state index contributed by atoms with van der Waals surface area (Å²) in [6.45, 7) is 9.00. The van der Waals surface area contributed by atoms with Crippen molar-refractivity contribution in [3.63, 3.8) is 0 Å². The molecule has 0 aliphatic heterocycles. The molecule has 0 saturated carbocycles. The minimum absolute atomic E-state index is 0.0594. The Morgan fingerprint density at radius 1 is 0.600 bits per heavy atom. The predicted octanol–water partition coefficient (Wildman–Crippen LogP) is 8.03. The number of carbonyl (C=O) groups is 2. The second kappa shape index (κ2) is 33.7. The molecule has 0 aliphatic carbocycles. The fourth-order valence-electron chi connectivity index (χ4n) is 4.11. The average molecular weight is 575 g/mol. The van der Waals surface area contributed by atoms with Crippen molar-refractivity contribution in [2.45, 2.75) is 168 Å². The fourth-order valence-corrected chi connectivity index (χ4v) is 4.11. The molecule has 2 atom stereocenters. The number of ether oxygens (including phenoxy) is 2. The maximum atomic E-state index is 11.2. The van der Waals surface area contributed by atoms with E-state index in [4.69, 9.17) is 19.7 Å². The zero-order valence-corrected chi connectivity index (χ0v) is 26.7. The van der Waals surface area contributed by atoms with E-state index >= 15 is 0 Å². The molecule has 0 radical (unpaired) electrons. The van der Waals surface area contributed by atoms with Gasteiger partial charge in [0.05, 0.1) is 12.7 Å². The SMILES string of the molecule is CCCCCCCCCCCCNC(=O)OC(C)CO.CCCCCCCCCCCCNC(=O)OCC(C)O. The van der Waals surface area contributed by atoms with Gasteiger partial charge in [-0.25, -0.2) is 9.59 Å². The molecule has 2 unspecified atom stereocenters. The molecule has 0 aromatic rings. The molecule has 0 aromatic heterocycles. The molecule has 8 nitrogen and oxygen atoms in total. The maximum Gasteiger partial charge on any atom is 0.407 e. The lowest BCUT2D eigenvalue weighted by Gasteiger charge is -2.11. The number of unbranched alkanes of at least 4 members (excludes halogenated alkanes) is 18. The average Bonchev–Trinajstić information content (AvgIpc) is 2.93. The number of alkyl carbamates (subject to hydrolysis) is 2. The van der Waals surface area contributed by atoms with E-state index in [1.807, 2.05) is 0 Å². The van der Waals surface area contributed by atoms with Gasteiger partial charge in [-0.15, -0.1) is 0 Å². The largest absolute Gasteiger partial charge is 0.447 e. The summed E-state index contributed by atoms with van der Waals surface area (Å²) in [7, 11) is 0. The van der Waals surface area contributed by atoms with E-state index in [0.717, 1.165) is 25.7 Å². The zero-order valence-electron chi connectivity index (χ0n) is 26.7. The van der Waals surface area contributed by atoms with Gasteiger partial charge in [0.25, 0.3) is 0 Å². The standard InChI is InChI=1S/2C16H33NO3/c1-3-4-5-6-7-8-9-10-11-12-13-17-16(19)20-14-15(2)18;1-3-4-5-6-7-8-9-10-11-12-13-17-16(19)20-15(2)14-18/h2*15,18H,3-14H2,1-2H3,(H,17,19). The van der Waals surface area contributed by atoms with Crippen molar-refractivity contribution in [3.05, 3.63) is 0 Å². The molecule has 0 aliphatic rings. The first-order valence-electron chi connectivity index (χ1n) is 16.5. The van der Waals surface area contributed by atoms with Crippen LogP contribution in [0.25, 0.3) is 0 Å². The van der Waals surface area contributed by atoms with Gasteiger partial charge in [0.1, 0.15) is 12.7 Å². The minimum Gasteiger partial charge on any atom is -0.447 e. The Morgan fingerprint density at radius 2 is 0.950 bits per heavy atom. The number of rotatable bonds is 26. The molecule has 0 rings (SSSR count). The van der Waals surface area contributed by atoms with Gasteiger partial charge in [-0.3, -0.25) is 0 Å². The van der Waals surface area contributed by atoms with Gasteiger partial charge in [-0.1, -0.05) is 129 Å². The lowest BCUT2D eigenvalue weighted by atomic mass is 10.1. The van der Waals surface area contributed by atoms with Gasteiger partial charge in [0.15, 0.2) is 0 Å². The van der Waals surface area contributed by atoms with Crippen molar-refractivity contribution in [2.75, 3.05) is 26.3 Å².